The summed E-state index contributed by atoms with van der Waals surface area (Å²) < 4.78 is 11.8. The number of hydrogen-bond donors (Lipinski definition) is 3. The second-order valence-corrected chi connectivity index (χ2v) is 14.7. The number of fused-ring (bicyclic) bond motifs is 4. The van der Waals surface area contributed by atoms with Gasteiger partial charge >= 0.3 is 11.9 Å². The second-order valence-electron chi connectivity index (χ2n) is 14.7. The van der Waals surface area contributed by atoms with Gasteiger partial charge < -0.3 is 25.4 Å². The maximum atomic E-state index is 12.5. The van der Waals surface area contributed by atoms with Gasteiger partial charge in [-0.25, -0.2) is 0 Å². The zero-order valence-electron chi connectivity index (χ0n) is 26.5. The van der Waals surface area contributed by atoms with Crippen LogP contribution in [0.4, 0.5) is 0 Å². The lowest BCUT2D eigenvalue weighted by Crippen LogP contribution is -2.63. The van der Waals surface area contributed by atoms with Crippen LogP contribution >= 0.6 is 0 Å². The van der Waals surface area contributed by atoms with E-state index in [1.165, 1.54) is 23.6 Å². The molecule has 4 aliphatic carbocycles. The highest BCUT2D eigenvalue weighted by Crippen LogP contribution is 2.67. The fraction of sp³-hybridized carbons (Fsp3) is 0.765. The van der Waals surface area contributed by atoms with Crippen molar-refractivity contribution in [1.29, 1.82) is 0 Å². The van der Waals surface area contributed by atoms with Gasteiger partial charge in [0.05, 0.1) is 12.6 Å². The van der Waals surface area contributed by atoms with E-state index < -0.39 is 52.6 Å². The minimum Gasteiger partial charge on any atom is -0.458 e. The Hall–Kier alpha value is -1.96. The van der Waals surface area contributed by atoms with Crippen molar-refractivity contribution >= 4 is 11.9 Å². The Kier molecular flexibility index (Phi) is 8.79. The van der Waals surface area contributed by atoms with Crippen molar-refractivity contribution in [2.45, 2.75) is 118 Å². The van der Waals surface area contributed by atoms with Gasteiger partial charge in [0.2, 0.25) is 0 Å². The molecule has 7 heteroatoms. The predicted octanol–water partition coefficient (Wildman–Crippen LogP) is 5.25. The minimum absolute atomic E-state index is 0.0310. The number of allylic oxidation sites excluding steroid dienone is 3. The van der Waals surface area contributed by atoms with Gasteiger partial charge in [-0.15, -0.1) is 0 Å². The fourth-order valence-corrected chi connectivity index (χ4v) is 9.46. The quantitative estimate of drug-likeness (QED) is 0.269. The third-order valence-electron chi connectivity index (χ3n) is 11.6. The lowest BCUT2D eigenvalue weighted by atomic mass is 9.45. The van der Waals surface area contributed by atoms with E-state index >= 15 is 0 Å². The summed E-state index contributed by atoms with van der Waals surface area (Å²) in [7, 11) is 0. The number of carbonyl (C=O) groups is 2. The molecule has 1 fully saturated rings. The van der Waals surface area contributed by atoms with E-state index in [-0.39, 0.29) is 18.4 Å². The Bertz CT molecular complexity index is 1140. The van der Waals surface area contributed by atoms with Gasteiger partial charge in [-0.2, -0.15) is 0 Å². The van der Waals surface area contributed by atoms with Gasteiger partial charge in [-0.1, -0.05) is 66.7 Å². The van der Waals surface area contributed by atoms with Crippen LogP contribution in [0.25, 0.3) is 0 Å². The van der Waals surface area contributed by atoms with E-state index in [4.69, 9.17) is 15.2 Å². The topological polar surface area (TPSA) is 119 Å². The van der Waals surface area contributed by atoms with E-state index in [0.717, 1.165) is 37.7 Å². The Morgan fingerprint density at radius 2 is 1.78 bits per heavy atom. The first kappa shape index (κ1) is 32.0. The molecule has 4 aliphatic rings. The van der Waals surface area contributed by atoms with Crippen LogP contribution in [0.3, 0.4) is 0 Å². The first-order valence-corrected chi connectivity index (χ1v) is 15.6. The van der Waals surface area contributed by atoms with Crippen molar-refractivity contribution in [2.24, 2.45) is 45.7 Å². The number of hydrogen-bond acceptors (Lipinski definition) is 7. The highest BCUT2D eigenvalue weighted by atomic mass is 16.6. The van der Waals surface area contributed by atoms with Gasteiger partial charge in [0.15, 0.2) is 0 Å². The molecule has 4 N–H and O–H groups in total. The van der Waals surface area contributed by atoms with Crippen LogP contribution in [-0.2, 0) is 19.1 Å². The van der Waals surface area contributed by atoms with Crippen molar-refractivity contribution in [1.82, 2.24) is 0 Å². The molecule has 41 heavy (non-hydrogen) atoms. The predicted molar refractivity (Wildman–Crippen MR) is 159 cm³/mol. The van der Waals surface area contributed by atoms with Crippen molar-refractivity contribution in [2.75, 3.05) is 6.54 Å². The number of nitrogens with two attached hydrogens (primary N) is 1. The van der Waals surface area contributed by atoms with Crippen LogP contribution in [0, 0.1) is 39.9 Å². The number of aliphatic hydroxyl groups is 2. The SMILES string of the molecule is C=C(CC[C@@H](C)[C@H]1CC=C2C3=C([C@@H](O)[C@H](OC(C)=O)[C@@]21C)[C@@]1(C)C[C@@H](O)[C@H](OC(=O)CN)C(C)(C)[C@@H]1CC3)C(C)C. The minimum atomic E-state index is -0.992. The van der Waals surface area contributed by atoms with Crippen LogP contribution in [0.5, 0.6) is 0 Å². The van der Waals surface area contributed by atoms with Gasteiger partial charge in [0, 0.05) is 17.8 Å². The molecule has 0 bridgehead atoms. The Morgan fingerprint density at radius 3 is 2.37 bits per heavy atom. The Balaban J connectivity index is 1.76. The van der Waals surface area contributed by atoms with E-state index in [1.54, 1.807) is 0 Å². The number of carbonyl (C=O) groups excluding carboxylic acids is 2. The average Bonchev–Trinajstić information content (AvgIpc) is 3.24. The van der Waals surface area contributed by atoms with Gasteiger partial charge in [0.25, 0.3) is 0 Å². The zero-order valence-corrected chi connectivity index (χ0v) is 26.5. The zero-order chi connectivity index (χ0) is 30.7. The first-order chi connectivity index (χ1) is 19.0. The van der Waals surface area contributed by atoms with Crippen LogP contribution in [0.2, 0.25) is 0 Å². The highest BCUT2D eigenvalue weighted by molar-refractivity contribution is 5.71. The lowest BCUT2D eigenvalue weighted by molar-refractivity contribution is -0.196. The molecule has 7 nitrogen and oxygen atoms in total. The summed E-state index contributed by atoms with van der Waals surface area (Å²) in [4.78, 5) is 24.7. The monoisotopic (exact) mass is 571 g/mol. The van der Waals surface area contributed by atoms with Crippen LogP contribution in [0.1, 0.15) is 93.9 Å². The molecule has 0 heterocycles. The third-order valence-corrected chi connectivity index (χ3v) is 11.6. The molecular weight excluding hydrogens is 518 g/mol. The summed E-state index contributed by atoms with van der Waals surface area (Å²) in [5.41, 5.74) is 8.39. The van der Waals surface area contributed by atoms with Gasteiger partial charge in [-0.05, 0) is 84.3 Å². The van der Waals surface area contributed by atoms with Gasteiger partial charge in [0.1, 0.15) is 18.3 Å². The first-order valence-electron chi connectivity index (χ1n) is 15.6. The largest absolute Gasteiger partial charge is 0.458 e. The van der Waals surface area contributed by atoms with E-state index in [9.17, 15) is 19.8 Å². The smallest absolute Gasteiger partial charge is 0.320 e. The summed E-state index contributed by atoms with van der Waals surface area (Å²) in [5.74, 6) is 0.0981. The van der Waals surface area contributed by atoms with Crippen molar-refractivity contribution in [3.63, 3.8) is 0 Å². The van der Waals surface area contributed by atoms with Crippen molar-refractivity contribution in [3.8, 4) is 0 Å². The summed E-state index contributed by atoms with van der Waals surface area (Å²) >= 11 is 0. The molecule has 0 unspecified atom stereocenters. The normalized spacial score (nSPS) is 38.4. The van der Waals surface area contributed by atoms with Crippen LogP contribution in [0.15, 0.2) is 34.9 Å². The molecule has 0 saturated heterocycles. The molecule has 0 aliphatic heterocycles. The Morgan fingerprint density at radius 1 is 1.12 bits per heavy atom. The average molecular weight is 572 g/mol. The second kappa shape index (κ2) is 11.3. The number of esters is 2. The number of ether oxygens (including phenoxy) is 2. The molecule has 1 saturated carbocycles. The Labute approximate surface area is 246 Å². The molecule has 230 valence electrons. The molecule has 0 aromatic carbocycles. The number of aliphatic hydroxyl groups excluding tert-OH is 2. The van der Waals surface area contributed by atoms with Crippen molar-refractivity contribution in [3.05, 3.63) is 34.9 Å². The third kappa shape index (κ3) is 5.14. The molecule has 0 radical (unpaired) electrons. The molecule has 4 rings (SSSR count). The van der Waals surface area contributed by atoms with E-state index in [1.807, 2.05) is 13.8 Å². The number of rotatable bonds is 8. The maximum absolute atomic E-state index is 12.5. The molecule has 0 amide bonds. The summed E-state index contributed by atoms with van der Waals surface area (Å²) in [6, 6.07) is 0. The van der Waals surface area contributed by atoms with E-state index in [0.29, 0.717) is 18.3 Å². The van der Waals surface area contributed by atoms with Crippen molar-refractivity contribution < 1.29 is 29.3 Å². The standard InChI is InChI=1S/C34H53NO6/c1-18(2)19(3)10-11-20(4)23-13-14-24-22-12-15-26-32(6,7)30(41-27(38)17-35)25(37)16-33(26,8)28(22)29(39)31(34(23,24)9)40-21(5)36/h14,18,20,23,25-26,29-31,37,39H,3,10-13,15-17,35H2,1-2,4-9H3/t20-,23-,25-,26+,29-,30+,31+,33+,34-/m1/s1. The molecule has 9 atom stereocenters. The molecule has 0 aromatic heterocycles. The van der Waals surface area contributed by atoms with E-state index in [2.05, 4.69) is 47.3 Å². The molecule has 0 aromatic rings. The summed E-state index contributed by atoms with van der Waals surface area (Å²) in [5, 5.41) is 23.7. The highest BCUT2D eigenvalue weighted by Gasteiger charge is 2.65. The summed E-state index contributed by atoms with van der Waals surface area (Å²) in [6.45, 7) is 20.5. The summed E-state index contributed by atoms with van der Waals surface area (Å²) in [6.07, 6.45) is 3.80. The van der Waals surface area contributed by atoms with Gasteiger partial charge in [-0.3, -0.25) is 9.59 Å². The van der Waals surface area contributed by atoms with Crippen LogP contribution in [-0.4, -0.2) is 53.1 Å². The molecule has 0 spiro atoms. The molecular formula is C34H53NO6. The maximum Gasteiger partial charge on any atom is 0.320 e. The van der Waals surface area contributed by atoms with Crippen LogP contribution < -0.4 is 5.73 Å². The lowest BCUT2D eigenvalue weighted by Gasteiger charge is -2.62. The fourth-order valence-electron chi connectivity index (χ4n) is 9.46.